The fourth-order valence-corrected chi connectivity index (χ4v) is 1.36. The molecule has 13 heavy (non-hydrogen) atoms. The molecule has 0 spiro atoms. The van der Waals surface area contributed by atoms with Gasteiger partial charge in [0, 0.05) is 12.0 Å². The highest BCUT2D eigenvalue weighted by Crippen LogP contribution is 2.24. The second-order valence-corrected chi connectivity index (χ2v) is 2.93. The number of carbonyl (C=O) groups excluding carboxylic acids is 2. The summed E-state index contributed by atoms with van der Waals surface area (Å²) in [4.78, 5) is 21.7. The summed E-state index contributed by atoms with van der Waals surface area (Å²) in [6.07, 6.45) is -0.0763. The fraction of sp³-hybridized carbons (Fsp3) is 0.200. The van der Waals surface area contributed by atoms with Crippen LogP contribution < -0.4 is 4.74 Å². The lowest BCUT2D eigenvalue weighted by Gasteiger charge is -2.20. The lowest BCUT2D eigenvalue weighted by molar-refractivity contribution is -0.131. The summed E-state index contributed by atoms with van der Waals surface area (Å²) < 4.78 is 5.18. The molecule has 1 atom stereocenters. The summed E-state index contributed by atoms with van der Waals surface area (Å²) in [5.74, 6) is 0.466. The molecule has 3 heteroatoms. The van der Waals surface area contributed by atoms with Crippen LogP contribution in [0.4, 0.5) is 0 Å². The van der Waals surface area contributed by atoms with Gasteiger partial charge in [0.25, 0.3) is 0 Å². The van der Waals surface area contributed by atoms with E-state index in [-0.39, 0.29) is 5.78 Å². The van der Waals surface area contributed by atoms with Crippen molar-refractivity contribution in [2.75, 3.05) is 0 Å². The van der Waals surface area contributed by atoms with Crippen molar-refractivity contribution in [3.8, 4) is 5.75 Å². The number of carbonyl (C=O) groups is 2. The molecule has 3 nitrogen and oxygen atoms in total. The minimum absolute atomic E-state index is 0.172. The van der Waals surface area contributed by atoms with Gasteiger partial charge in [0.1, 0.15) is 5.75 Å². The molecule has 0 aliphatic carbocycles. The van der Waals surface area contributed by atoms with Gasteiger partial charge in [-0.05, 0) is 6.07 Å². The van der Waals surface area contributed by atoms with Gasteiger partial charge in [-0.3, -0.25) is 9.59 Å². The molecule has 1 heterocycles. The number of fused-ring (bicyclic) bond motifs is 1. The number of Topliss-reactive ketones (excluding diaryl/α,β-unsaturated/α-hetero) is 1. The average Bonchev–Trinajstić information content (AvgIpc) is 2.17. The summed E-state index contributed by atoms with van der Waals surface area (Å²) in [5.41, 5.74) is 0.852. The lowest BCUT2D eigenvalue weighted by Crippen LogP contribution is -2.34. The molecule has 1 aromatic rings. The number of hydrogen-bond acceptors (Lipinski definition) is 3. The topological polar surface area (TPSA) is 43.4 Å². The molecule has 1 unspecified atom stereocenters. The van der Waals surface area contributed by atoms with Crippen molar-refractivity contribution in [2.45, 2.75) is 12.5 Å². The molecule has 0 saturated heterocycles. The maximum absolute atomic E-state index is 11.2. The van der Waals surface area contributed by atoms with E-state index in [9.17, 15) is 9.59 Å². The van der Waals surface area contributed by atoms with Gasteiger partial charge in [-0.25, -0.2) is 0 Å². The zero-order chi connectivity index (χ0) is 9.26. The predicted octanol–water partition coefficient (Wildman–Crippen LogP) is 0.758. The summed E-state index contributed by atoms with van der Waals surface area (Å²) in [6.45, 7) is 0. The van der Waals surface area contributed by atoms with Gasteiger partial charge in [-0.1, -0.05) is 18.2 Å². The number of ketones is 1. The predicted molar refractivity (Wildman–Crippen MR) is 45.6 cm³/mol. The first-order valence-corrected chi connectivity index (χ1v) is 4.04. The van der Waals surface area contributed by atoms with E-state index < -0.39 is 6.10 Å². The van der Waals surface area contributed by atoms with Gasteiger partial charge in [-0.2, -0.15) is 0 Å². The van der Waals surface area contributed by atoms with E-state index in [4.69, 9.17) is 4.74 Å². The molecule has 0 radical (unpaired) electrons. The molecule has 0 amide bonds. The van der Waals surface area contributed by atoms with Crippen LogP contribution in [0.2, 0.25) is 0 Å². The number of ether oxygens (including phenoxy) is 1. The van der Waals surface area contributed by atoms with Gasteiger partial charge in [-0.15, -0.1) is 0 Å². The third-order valence-corrected chi connectivity index (χ3v) is 2.03. The number of hydrogen-bond donors (Lipinski definition) is 0. The minimum atomic E-state index is -0.908. The highest BCUT2D eigenvalue weighted by molar-refractivity contribution is 5.99. The van der Waals surface area contributed by atoms with Gasteiger partial charge < -0.3 is 4.74 Å². The largest absolute Gasteiger partial charge is 0.475 e. The molecule has 0 fully saturated rings. The Labute approximate surface area is 75.3 Å². The van der Waals surface area contributed by atoms with Gasteiger partial charge >= 0.3 is 0 Å². The van der Waals surface area contributed by atoms with Crippen molar-refractivity contribution in [2.24, 2.45) is 0 Å². The summed E-state index contributed by atoms with van der Waals surface area (Å²) in [6, 6.07) is 7.25. The van der Waals surface area contributed by atoms with Crippen LogP contribution in [0.15, 0.2) is 24.3 Å². The number of benzene rings is 1. The molecule has 1 aliphatic heterocycles. The molecule has 0 N–H and O–H groups in total. The van der Waals surface area contributed by atoms with Gasteiger partial charge in [0.2, 0.25) is 6.10 Å². The standard InChI is InChI=1S/C10H8O3/c11-6-10-8(12)5-7-3-1-2-4-9(7)13-10/h1-4,6,10H,5H2. The van der Waals surface area contributed by atoms with E-state index in [1.54, 1.807) is 6.07 Å². The van der Waals surface area contributed by atoms with Crippen LogP contribution in [-0.4, -0.2) is 18.2 Å². The van der Waals surface area contributed by atoms with Gasteiger partial charge in [0.15, 0.2) is 12.1 Å². The van der Waals surface area contributed by atoms with Crippen molar-refractivity contribution in [3.05, 3.63) is 29.8 Å². The zero-order valence-electron chi connectivity index (χ0n) is 6.90. The van der Waals surface area contributed by atoms with Gasteiger partial charge in [0.05, 0.1) is 0 Å². The Morgan fingerprint density at radius 2 is 2.15 bits per heavy atom. The van der Waals surface area contributed by atoms with Crippen LogP contribution in [0.3, 0.4) is 0 Å². The Balaban J connectivity index is 2.38. The number of rotatable bonds is 1. The monoisotopic (exact) mass is 176 g/mol. The molecule has 0 saturated carbocycles. The summed E-state index contributed by atoms with van der Waals surface area (Å²) in [7, 11) is 0. The molecule has 1 aromatic carbocycles. The zero-order valence-corrected chi connectivity index (χ0v) is 6.90. The maximum atomic E-state index is 11.2. The van der Waals surface area contributed by atoms with Crippen molar-refractivity contribution >= 4 is 12.1 Å². The highest BCUT2D eigenvalue weighted by atomic mass is 16.5. The Morgan fingerprint density at radius 1 is 1.38 bits per heavy atom. The fourth-order valence-electron chi connectivity index (χ4n) is 1.36. The van der Waals surface area contributed by atoms with Crippen LogP contribution in [0.25, 0.3) is 0 Å². The van der Waals surface area contributed by atoms with Crippen molar-refractivity contribution in [1.29, 1.82) is 0 Å². The number of para-hydroxylation sites is 1. The SMILES string of the molecule is O=CC1Oc2ccccc2CC1=O. The molecular weight excluding hydrogens is 168 g/mol. The van der Waals surface area contributed by atoms with Crippen molar-refractivity contribution in [3.63, 3.8) is 0 Å². The van der Waals surface area contributed by atoms with E-state index >= 15 is 0 Å². The van der Waals surface area contributed by atoms with Crippen molar-refractivity contribution < 1.29 is 14.3 Å². The normalized spacial score (nSPS) is 20.3. The highest BCUT2D eigenvalue weighted by Gasteiger charge is 2.26. The average molecular weight is 176 g/mol. The Kier molecular flexibility index (Phi) is 1.85. The quantitative estimate of drug-likeness (QED) is 0.468. The van der Waals surface area contributed by atoms with Crippen LogP contribution in [0.5, 0.6) is 5.75 Å². The van der Waals surface area contributed by atoms with Crippen LogP contribution in [0.1, 0.15) is 5.56 Å². The Hall–Kier alpha value is -1.64. The molecular formula is C10H8O3. The molecule has 0 bridgehead atoms. The van der Waals surface area contributed by atoms with Crippen molar-refractivity contribution in [1.82, 2.24) is 0 Å². The lowest BCUT2D eigenvalue weighted by atomic mass is 10.0. The van der Waals surface area contributed by atoms with E-state index in [1.165, 1.54) is 0 Å². The Bertz CT molecular complexity index is 357. The van der Waals surface area contributed by atoms with Crippen LogP contribution in [0, 0.1) is 0 Å². The first-order chi connectivity index (χ1) is 6.31. The maximum Gasteiger partial charge on any atom is 0.212 e. The molecule has 66 valence electrons. The second-order valence-electron chi connectivity index (χ2n) is 2.93. The summed E-state index contributed by atoms with van der Waals surface area (Å²) >= 11 is 0. The third-order valence-electron chi connectivity index (χ3n) is 2.03. The van der Waals surface area contributed by atoms with Crippen LogP contribution in [-0.2, 0) is 16.0 Å². The minimum Gasteiger partial charge on any atom is -0.475 e. The first-order valence-electron chi connectivity index (χ1n) is 4.04. The Morgan fingerprint density at radius 3 is 2.92 bits per heavy atom. The van der Waals surface area contributed by atoms with E-state index in [2.05, 4.69) is 0 Å². The second kappa shape index (κ2) is 3.01. The van der Waals surface area contributed by atoms with E-state index in [0.717, 1.165) is 5.56 Å². The summed E-state index contributed by atoms with van der Waals surface area (Å²) in [5, 5.41) is 0. The molecule has 1 aliphatic rings. The van der Waals surface area contributed by atoms with E-state index in [1.807, 2.05) is 18.2 Å². The number of aldehydes is 1. The molecule has 2 rings (SSSR count). The smallest absolute Gasteiger partial charge is 0.212 e. The first kappa shape index (κ1) is 7.98. The molecule has 0 aromatic heterocycles. The third kappa shape index (κ3) is 1.33. The van der Waals surface area contributed by atoms with Crippen LogP contribution >= 0.6 is 0 Å². The van der Waals surface area contributed by atoms with E-state index in [0.29, 0.717) is 18.5 Å².